The molecule has 116 valence electrons. The van der Waals surface area contributed by atoms with Gasteiger partial charge in [-0.3, -0.25) is 4.79 Å². The molecule has 0 aliphatic heterocycles. The number of rotatable bonds is 7. The fraction of sp³-hybridized carbons (Fsp3) is 0.385. The molecule has 8 heteroatoms. The maximum atomic E-state index is 12.4. The van der Waals surface area contributed by atoms with Crippen LogP contribution in [-0.2, 0) is 14.8 Å². The van der Waals surface area contributed by atoms with Crippen molar-refractivity contribution in [2.45, 2.75) is 18.7 Å². The monoisotopic (exact) mass is 314 g/mol. The maximum absolute atomic E-state index is 12.4. The molecular formula is C13H18N2O5S. The molecule has 0 bridgehead atoms. The second-order valence-electron chi connectivity index (χ2n) is 4.21. The molecule has 7 nitrogen and oxygen atoms in total. The van der Waals surface area contributed by atoms with E-state index in [-0.39, 0.29) is 29.5 Å². The first-order valence-corrected chi connectivity index (χ1v) is 7.87. The summed E-state index contributed by atoms with van der Waals surface area (Å²) in [5.41, 5.74) is 0.000671. The fourth-order valence-corrected chi connectivity index (χ4v) is 3.10. The summed E-state index contributed by atoms with van der Waals surface area (Å²) in [7, 11) is -3.83. The van der Waals surface area contributed by atoms with Gasteiger partial charge in [-0.25, -0.2) is 13.2 Å². The van der Waals surface area contributed by atoms with E-state index in [1.54, 1.807) is 13.8 Å². The number of benzene rings is 1. The number of carbonyl (C=O) groups excluding carboxylic acids is 1. The van der Waals surface area contributed by atoms with Crippen molar-refractivity contribution >= 4 is 21.9 Å². The van der Waals surface area contributed by atoms with Gasteiger partial charge in [-0.1, -0.05) is 6.92 Å². The average molecular weight is 314 g/mol. The zero-order valence-corrected chi connectivity index (χ0v) is 12.7. The summed E-state index contributed by atoms with van der Waals surface area (Å²) in [4.78, 5) is 22.3. The zero-order valence-electron chi connectivity index (χ0n) is 11.9. The first-order chi connectivity index (χ1) is 9.82. The number of amides is 1. The van der Waals surface area contributed by atoms with Crippen molar-refractivity contribution in [2.24, 2.45) is 0 Å². The molecular weight excluding hydrogens is 296 g/mol. The van der Waals surface area contributed by atoms with Crippen molar-refractivity contribution in [2.75, 3.05) is 19.6 Å². The highest BCUT2D eigenvalue weighted by Crippen LogP contribution is 2.16. The summed E-state index contributed by atoms with van der Waals surface area (Å²) in [5.74, 6) is -1.52. The summed E-state index contributed by atoms with van der Waals surface area (Å²) in [5, 5.41) is 11.3. The Hall–Kier alpha value is -1.93. The zero-order chi connectivity index (χ0) is 16.0. The molecule has 21 heavy (non-hydrogen) atoms. The van der Waals surface area contributed by atoms with Crippen molar-refractivity contribution in [1.29, 1.82) is 0 Å². The van der Waals surface area contributed by atoms with Crippen LogP contribution in [0.2, 0.25) is 0 Å². The van der Waals surface area contributed by atoms with Crippen LogP contribution in [0.4, 0.5) is 0 Å². The van der Waals surface area contributed by atoms with Gasteiger partial charge in [0.2, 0.25) is 15.9 Å². The minimum Gasteiger partial charge on any atom is -0.478 e. The number of carboxylic acid groups (broad SMARTS) is 1. The number of carboxylic acids is 1. The van der Waals surface area contributed by atoms with E-state index in [4.69, 9.17) is 5.11 Å². The Morgan fingerprint density at radius 3 is 2.19 bits per heavy atom. The highest BCUT2D eigenvalue weighted by atomic mass is 32.2. The molecule has 0 saturated heterocycles. The third-order valence-electron chi connectivity index (χ3n) is 2.79. The van der Waals surface area contributed by atoms with Crippen LogP contribution in [0.15, 0.2) is 29.2 Å². The van der Waals surface area contributed by atoms with Crippen LogP contribution in [-0.4, -0.2) is 49.3 Å². The molecule has 1 rings (SSSR count). The lowest BCUT2D eigenvalue weighted by Crippen LogP contribution is -2.40. The van der Waals surface area contributed by atoms with Gasteiger partial charge in [0.15, 0.2) is 0 Å². The quantitative estimate of drug-likeness (QED) is 0.764. The summed E-state index contributed by atoms with van der Waals surface area (Å²) in [6.07, 6.45) is 0. The first-order valence-electron chi connectivity index (χ1n) is 6.43. The third-order valence-corrected chi connectivity index (χ3v) is 4.72. The van der Waals surface area contributed by atoms with Crippen LogP contribution in [0.1, 0.15) is 24.2 Å². The van der Waals surface area contributed by atoms with E-state index in [0.29, 0.717) is 6.54 Å². The lowest BCUT2D eigenvalue weighted by molar-refractivity contribution is -0.121. The molecule has 0 spiro atoms. The van der Waals surface area contributed by atoms with Crippen LogP contribution in [0.3, 0.4) is 0 Å². The number of nitrogens with zero attached hydrogens (tertiary/aromatic N) is 1. The second-order valence-corrected chi connectivity index (χ2v) is 6.15. The predicted molar refractivity (Wildman–Crippen MR) is 76.5 cm³/mol. The van der Waals surface area contributed by atoms with E-state index < -0.39 is 16.0 Å². The van der Waals surface area contributed by atoms with E-state index in [2.05, 4.69) is 5.32 Å². The normalized spacial score (nSPS) is 11.4. The lowest BCUT2D eigenvalue weighted by Gasteiger charge is -2.19. The molecule has 0 aliphatic rings. The number of likely N-dealkylation sites (N-methyl/N-ethyl adjacent to an activating group) is 2. The molecule has 0 atom stereocenters. The Morgan fingerprint density at radius 1 is 1.19 bits per heavy atom. The molecule has 0 fully saturated rings. The minimum atomic E-state index is -3.83. The third kappa shape index (κ3) is 4.27. The largest absolute Gasteiger partial charge is 0.478 e. The maximum Gasteiger partial charge on any atom is 0.335 e. The molecule has 0 saturated carbocycles. The second kappa shape index (κ2) is 7.19. The predicted octanol–water partition coefficient (Wildman–Crippen LogP) is 0.532. The van der Waals surface area contributed by atoms with Crippen molar-refractivity contribution in [3.8, 4) is 0 Å². The summed E-state index contributed by atoms with van der Waals surface area (Å²) >= 11 is 0. The van der Waals surface area contributed by atoms with Gasteiger partial charge in [-0.2, -0.15) is 4.31 Å². The van der Waals surface area contributed by atoms with Crippen molar-refractivity contribution < 1.29 is 23.1 Å². The SMILES string of the molecule is CCNC(=O)CN(CC)S(=O)(=O)c1ccc(C(=O)O)cc1. The molecule has 2 N–H and O–H groups in total. The van der Waals surface area contributed by atoms with Gasteiger partial charge in [-0.05, 0) is 31.2 Å². The van der Waals surface area contributed by atoms with Crippen molar-refractivity contribution in [3.05, 3.63) is 29.8 Å². The number of sulfonamides is 1. The van der Waals surface area contributed by atoms with Crippen LogP contribution in [0, 0.1) is 0 Å². The smallest absolute Gasteiger partial charge is 0.335 e. The van der Waals surface area contributed by atoms with Gasteiger partial charge >= 0.3 is 5.97 Å². The highest BCUT2D eigenvalue weighted by molar-refractivity contribution is 7.89. The van der Waals surface area contributed by atoms with E-state index in [9.17, 15) is 18.0 Å². The first kappa shape index (κ1) is 17.1. The molecule has 0 aliphatic carbocycles. The molecule has 0 aromatic heterocycles. The van der Waals surface area contributed by atoms with Crippen LogP contribution in [0.5, 0.6) is 0 Å². The number of nitrogens with one attached hydrogen (secondary N) is 1. The number of hydrogen-bond acceptors (Lipinski definition) is 4. The van der Waals surface area contributed by atoms with Crippen LogP contribution < -0.4 is 5.32 Å². The van der Waals surface area contributed by atoms with Gasteiger partial charge in [0, 0.05) is 13.1 Å². The van der Waals surface area contributed by atoms with Gasteiger partial charge in [0.05, 0.1) is 17.0 Å². The summed E-state index contributed by atoms with van der Waals surface area (Å²) < 4.78 is 25.8. The topological polar surface area (TPSA) is 104 Å². The van der Waals surface area contributed by atoms with E-state index >= 15 is 0 Å². The Morgan fingerprint density at radius 2 is 1.76 bits per heavy atom. The number of carbonyl (C=O) groups is 2. The minimum absolute atomic E-state index is 0.000671. The van der Waals surface area contributed by atoms with E-state index in [1.165, 1.54) is 24.3 Å². The summed E-state index contributed by atoms with van der Waals surface area (Å²) in [6, 6.07) is 4.88. The summed E-state index contributed by atoms with van der Waals surface area (Å²) in [6.45, 7) is 3.66. The van der Waals surface area contributed by atoms with Crippen LogP contribution >= 0.6 is 0 Å². The lowest BCUT2D eigenvalue weighted by atomic mass is 10.2. The molecule has 1 amide bonds. The Labute approximate surface area is 123 Å². The Kier molecular flexibility index (Phi) is 5.86. The fourth-order valence-electron chi connectivity index (χ4n) is 1.70. The number of aromatic carboxylic acids is 1. The average Bonchev–Trinajstić information content (AvgIpc) is 2.45. The molecule has 0 heterocycles. The van der Waals surface area contributed by atoms with Crippen molar-refractivity contribution in [1.82, 2.24) is 9.62 Å². The van der Waals surface area contributed by atoms with Gasteiger partial charge in [-0.15, -0.1) is 0 Å². The van der Waals surface area contributed by atoms with Gasteiger partial charge in [0.25, 0.3) is 0 Å². The molecule has 1 aromatic carbocycles. The van der Waals surface area contributed by atoms with Crippen LogP contribution in [0.25, 0.3) is 0 Å². The van der Waals surface area contributed by atoms with Gasteiger partial charge < -0.3 is 10.4 Å². The van der Waals surface area contributed by atoms with E-state index in [1.807, 2.05) is 0 Å². The highest BCUT2D eigenvalue weighted by Gasteiger charge is 2.25. The molecule has 0 radical (unpaired) electrons. The Balaban J connectivity index is 3.01. The molecule has 1 aromatic rings. The molecule has 0 unspecified atom stereocenters. The number of hydrogen-bond donors (Lipinski definition) is 2. The Bertz CT molecular complexity index is 610. The standard InChI is InChI=1S/C13H18N2O5S/c1-3-14-12(16)9-15(4-2)21(19,20)11-7-5-10(6-8-11)13(17)18/h5-8H,3-4,9H2,1-2H3,(H,14,16)(H,17,18). The van der Waals surface area contributed by atoms with Gasteiger partial charge in [0.1, 0.15) is 0 Å². The van der Waals surface area contributed by atoms with E-state index in [0.717, 1.165) is 4.31 Å². The van der Waals surface area contributed by atoms with Crippen molar-refractivity contribution in [3.63, 3.8) is 0 Å².